The normalized spacial score (nSPS) is 19.3. The van der Waals surface area contributed by atoms with Crippen LogP contribution in [-0.2, 0) is 0 Å². The fourth-order valence-electron chi connectivity index (χ4n) is 2.76. The Bertz CT molecular complexity index is 439. The third kappa shape index (κ3) is 3.32. The molecule has 1 heterocycles. The zero-order chi connectivity index (χ0) is 13.8. The number of hydrogen-bond donors (Lipinski definition) is 1. The van der Waals surface area contributed by atoms with E-state index in [1.54, 1.807) is 0 Å². The van der Waals surface area contributed by atoms with Gasteiger partial charge in [0.2, 0.25) is 0 Å². The van der Waals surface area contributed by atoms with Crippen molar-refractivity contribution in [3.8, 4) is 0 Å². The van der Waals surface area contributed by atoms with Crippen LogP contribution in [0.4, 0.5) is 0 Å². The fraction of sp³-hybridized carbons (Fsp3) is 0.533. The van der Waals surface area contributed by atoms with Gasteiger partial charge in [-0.2, -0.15) is 0 Å². The molecule has 0 aliphatic carbocycles. The van der Waals surface area contributed by atoms with Gasteiger partial charge in [0.05, 0.1) is 11.0 Å². The molecule has 2 rings (SSSR count). The molecule has 0 saturated carbocycles. The molecule has 0 radical (unpaired) electrons. The van der Waals surface area contributed by atoms with Gasteiger partial charge in [-0.25, -0.2) is 0 Å². The van der Waals surface area contributed by atoms with Crippen molar-refractivity contribution < 1.29 is 0 Å². The smallest absolute Gasteiger partial charge is 0.0948 e. The Kier molecular flexibility index (Phi) is 4.91. The lowest BCUT2D eigenvalue weighted by molar-refractivity contribution is 0.122. The number of rotatable bonds is 4. The number of thiocarbonyl (C=S) groups is 1. The van der Waals surface area contributed by atoms with Gasteiger partial charge in [0.15, 0.2) is 0 Å². The molecule has 0 bridgehead atoms. The van der Waals surface area contributed by atoms with Gasteiger partial charge in [-0.1, -0.05) is 43.4 Å². The number of aryl methyl sites for hydroxylation is 1. The fourth-order valence-corrected chi connectivity index (χ4v) is 3.04. The van der Waals surface area contributed by atoms with E-state index in [0.717, 1.165) is 32.7 Å². The summed E-state index contributed by atoms with van der Waals surface area (Å²) in [6.07, 6.45) is 0. The van der Waals surface area contributed by atoms with Gasteiger partial charge in [0.25, 0.3) is 0 Å². The van der Waals surface area contributed by atoms with Crippen molar-refractivity contribution in [3.63, 3.8) is 0 Å². The van der Waals surface area contributed by atoms with Crippen molar-refractivity contribution in [1.82, 2.24) is 9.80 Å². The summed E-state index contributed by atoms with van der Waals surface area (Å²) >= 11 is 5.32. The molecule has 1 atom stereocenters. The SMILES string of the molecule is CCN1CCN(C(C(N)=S)c2ccccc2C)CC1. The van der Waals surface area contributed by atoms with Crippen LogP contribution < -0.4 is 5.73 Å². The zero-order valence-electron chi connectivity index (χ0n) is 11.8. The van der Waals surface area contributed by atoms with Crippen molar-refractivity contribution in [2.45, 2.75) is 19.9 Å². The van der Waals surface area contributed by atoms with Crippen molar-refractivity contribution >= 4 is 17.2 Å². The van der Waals surface area contributed by atoms with E-state index in [-0.39, 0.29) is 6.04 Å². The van der Waals surface area contributed by atoms with E-state index in [4.69, 9.17) is 18.0 Å². The summed E-state index contributed by atoms with van der Waals surface area (Å²) < 4.78 is 0. The largest absolute Gasteiger partial charge is 0.392 e. The maximum Gasteiger partial charge on any atom is 0.0948 e. The first-order chi connectivity index (χ1) is 9.13. The van der Waals surface area contributed by atoms with Crippen LogP contribution in [0.5, 0.6) is 0 Å². The van der Waals surface area contributed by atoms with Gasteiger partial charge in [-0.3, -0.25) is 4.90 Å². The van der Waals surface area contributed by atoms with Crippen LogP contribution in [-0.4, -0.2) is 47.5 Å². The van der Waals surface area contributed by atoms with Gasteiger partial charge in [0.1, 0.15) is 0 Å². The summed E-state index contributed by atoms with van der Waals surface area (Å²) in [7, 11) is 0. The van der Waals surface area contributed by atoms with Gasteiger partial charge in [-0.05, 0) is 24.6 Å². The Balaban J connectivity index is 2.18. The highest BCUT2D eigenvalue weighted by molar-refractivity contribution is 7.80. The highest BCUT2D eigenvalue weighted by Crippen LogP contribution is 2.25. The standard InChI is InChI=1S/C15H23N3S/c1-3-17-8-10-18(11-9-17)14(15(16)19)13-7-5-4-6-12(13)2/h4-7,14H,3,8-11H2,1-2H3,(H2,16,19). The van der Waals surface area contributed by atoms with Gasteiger partial charge < -0.3 is 10.6 Å². The van der Waals surface area contributed by atoms with E-state index >= 15 is 0 Å². The molecule has 1 aliphatic heterocycles. The van der Waals surface area contributed by atoms with Crippen molar-refractivity contribution in [1.29, 1.82) is 0 Å². The van der Waals surface area contributed by atoms with E-state index in [0.29, 0.717) is 4.99 Å². The van der Waals surface area contributed by atoms with Crippen LogP contribution >= 0.6 is 12.2 Å². The van der Waals surface area contributed by atoms with Crippen LogP contribution in [0.15, 0.2) is 24.3 Å². The molecule has 1 unspecified atom stereocenters. The number of benzene rings is 1. The molecule has 3 nitrogen and oxygen atoms in total. The molecule has 2 N–H and O–H groups in total. The average Bonchev–Trinajstić information content (AvgIpc) is 2.42. The minimum Gasteiger partial charge on any atom is -0.392 e. The lowest BCUT2D eigenvalue weighted by atomic mass is 9.99. The highest BCUT2D eigenvalue weighted by Gasteiger charge is 2.27. The van der Waals surface area contributed by atoms with E-state index in [1.807, 2.05) is 0 Å². The molecule has 1 aromatic rings. The highest BCUT2D eigenvalue weighted by atomic mass is 32.1. The Morgan fingerprint density at radius 3 is 2.42 bits per heavy atom. The van der Waals surface area contributed by atoms with Crippen LogP contribution in [0.1, 0.15) is 24.1 Å². The summed E-state index contributed by atoms with van der Waals surface area (Å²) in [4.78, 5) is 5.46. The lowest BCUT2D eigenvalue weighted by Crippen LogP contribution is -2.49. The lowest BCUT2D eigenvalue weighted by Gasteiger charge is -2.39. The second-order valence-corrected chi connectivity index (χ2v) is 5.60. The predicted molar refractivity (Wildman–Crippen MR) is 84.4 cm³/mol. The van der Waals surface area contributed by atoms with Crippen molar-refractivity contribution in [2.75, 3.05) is 32.7 Å². The van der Waals surface area contributed by atoms with Gasteiger partial charge in [-0.15, -0.1) is 0 Å². The molecule has 0 amide bonds. The zero-order valence-corrected chi connectivity index (χ0v) is 12.6. The first kappa shape index (κ1) is 14.4. The number of piperazine rings is 1. The third-order valence-electron chi connectivity index (χ3n) is 3.97. The molecular formula is C15H23N3S. The Morgan fingerprint density at radius 1 is 1.26 bits per heavy atom. The summed E-state index contributed by atoms with van der Waals surface area (Å²) in [5.74, 6) is 0. The third-order valence-corrected chi connectivity index (χ3v) is 4.20. The summed E-state index contributed by atoms with van der Waals surface area (Å²) in [6, 6.07) is 8.48. The molecule has 1 fully saturated rings. The van der Waals surface area contributed by atoms with E-state index in [9.17, 15) is 0 Å². The molecule has 1 saturated heterocycles. The first-order valence-electron chi connectivity index (χ1n) is 6.94. The maximum atomic E-state index is 6.01. The molecule has 0 aromatic heterocycles. The molecule has 19 heavy (non-hydrogen) atoms. The summed E-state index contributed by atoms with van der Waals surface area (Å²) in [5, 5.41) is 0. The quantitative estimate of drug-likeness (QED) is 0.853. The van der Waals surface area contributed by atoms with E-state index < -0.39 is 0 Å². The second kappa shape index (κ2) is 6.46. The Labute approximate surface area is 121 Å². The van der Waals surface area contributed by atoms with Crippen molar-refractivity contribution in [2.24, 2.45) is 5.73 Å². The van der Waals surface area contributed by atoms with Gasteiger partial charge >= 0.3 is 0 Å². The number of likely N-dealkylation sites (N-methyl/N-ethyl adjacent to an activating group) is 1. The topological polar surface area (TPSA) is 32.5 Å². The van der Waals surface area contributed by atoms with Crippen molar-refractivity contribution in [3.05, 3.63) is 35.4 Å². The molecule has 1 aromatic carbocycles. The van der Waals surface area contributed by atoms with Gasteiger partial charge in [0, 0.05) is 26.2 Å². The van der Waals surface area contributed by atoms with E-state index in [2.05, 4.69) is 47.9 Å². The van der Waals surface area contributed by atoms with Crippen LogP contribution in [0, 0.1) is 6.92 Å². The van der Waals surface area contributed by atoms with Crippen LogP contribution in [0.2, 0.25) is 0 Å². The minimum absolute atomic E-state index is 0.0789. The molecule has 4 heteroatoms. The maximum absolute atomic E-state index is 6.01. The monoisotopic (exact) mass is 277 g/mol. The van der Waals surface area contributed by atoms with E-state index in [1.165, 1.54) is 11.1 Å². The summed E-state index contributed by atoms with van der Waals surface area (Å²) in [6.45, 7) is 9.72. The second-order valence-electron chi connectivity index (χ2n) is 5.13. The molecule has 1 aliphatic rings. The molecular weight excluding hydrogens is 254 g/mol. The Hall–Kier alpha value is -0.970. The average molecular weight is 277 g/mol. The van der Waals surface area contributed by atoms with Crippen LogP contribution in [0.25, 0.3) is 0 Å². The number of nitrogens with zero attached hydrogens (tertiary/aromatic N) is 2. The molecule has 104 valence electrons. The first-order valence-corrected chi connectivity index (χ1v) is 7.35. The summed E-state index contributed by atoms with van der Waals surface area (Å²) in [5.41, 5.74) is 8.52. The number of hydrogen-bond acceptors (Lipinski definition) is 3. The predicted octanol–water partition coefficient (Wildman–Crippen LogP) is 1.96. The number of nitrogens with two attached hydrogens (primary N) is 1. The molecule has 0 spiro atoms. The minimum atomic E-state index is 0.0789. The Morgan fingerprint density at radius 2 is 1.89 bits per heavy atom. The van der Waals surface area contributed by atoms with Crippen LogP contribution in [0.3, 0.4) is 0 Å².